The van der Waals surface area contributed by atoms with Crippen LogP contribution in [0.25, 0.3) is 0 Å². The lowest BCUT2D eigenvalue weighted by atomic mass is 10.1. The fraction of sp³-hybridized carbons (Fsp3) is 0.308. The fourth-order valence-corrected chi connectivity index (χ4v) is 2.94. The van der Waals surface area contributed by atoms with Gasteiger partial charge in [0.1, 0.15) is 5.01 Å². The van der Waals surface area contributed by atoms with E-state index in [2.05, 4.69) is 10.2 Å². The van der Waals surface area contributed by atoms with E-state index in [1.807, 2.05) is 19.1 Å². The van der Waals surface area contributed by atoms with E-state index in [4.69, 9.17) is 23.2 Å². The highest BCUT2D eigenvalue weighted by molar-refractivity contribution is 7.15. The molecule has 0 unspecified atom stereocenters. The zero-order valence-electron chi connectivity index (χ0n) is 11.1. The van der Waals surface area contributed by atoms with Gasteiger partial charge in [-0.1, -0.05) is 34.5 Å². The predicted octanol–water partition coefficient (Wildman–Crippen LogP) is 3.75. The second-order valence-electron chi connectivity index (χ2n) is 4.33. The largest absolute Gasteiger partial charge is 0.290 e. The summed E-state index contributed by atoms with van der Waals surface area (Å²) in [5.74, 6) is -0.0164. The van der Waals surface area contributed by atoms with E-state index in [0.717, 1.165) is 10.6 Å². The van der Waals surface area contributed by atoms with Gasteiger partial charge in [0.05, 0.1) is 0 Å². The van der Waals surface area contributed by atoms with E-state index < -0.39 is 0 Å². The minimum atomic E-state index is -0.0164. The summed E-state index contributed by atoms with van der Waals surface area (Å²) in [6.07, 6.45) is 0.951. The number of rotatable bonds is 4. The van der Waals surface area contributed by atoms with E-state index in [1.165, 1.54) is 16.2 Å². The number of aromatic nitrogens is 2. The lowest BCUT2D eigenvalue weighted by molar-refractivity contribution is -0.118. The summed E-state index contributed by atoms with van der Waals surface area (Å²) >= 11 is 13.3. The Morgan fingerprint density at radius 2 is 1.90 bits per heavy atom. The van der Waals surface area contributed by atoms with Crippen LogP contribution in [-0.4, -0.2) is 23.2 Å². The third kappa shape index (κ3) is 3.91. The highest BCUT2D eigenvalue weighted by atomic mass is 35.5. The van der Waals surface area contributed by atoms with Crippen molar-refractivity contribution in [3.8, 4) is 0 Å². The van der Waals surface area contributed by atoms with Gasteiger partial charge in [0.15, 0.2) is 0 Å². The SMILES string of the molecule is Cc1nnc(N(C)C(=O)CCc2cc(Cl)cc(Cl)c2)s1. The van der Waals surface area contributed by atoms with Crippen LogP contribution in [-0.2, 0) is 11.2 Å². The lowest BCUT2D eigenvalue weighted by Gasteiger charge is -2.13. The minimum Gasteiger partial charge on any atom is -0.290 e. The van der Waals surface area contributed by atoms with Gasteiger partial charge in [0.25, 0.3) is 0 Å². The van der Waals surface area contributed by atoms with Crippen molar-refractivity contribution in [2.45, 2.75) is 19.8 Å². The van der Waals surface area contributed by atoms with Crippen molar-refractivity contribution in [3.63, 3.8) is 0 Å². The Labute approximate surface area is 131 Å². The van der Waals surface area contributed by atoms with Crippen LogP contribution in [0.4, 0.5) is 5.13 Å². The number of hydrogen-bond acceptors (Lipinski definition) is 4. The molecule has 0 radical (unpaired) electrons. The van der Waals surface area contributed by atoms with Crippen LogP contribution < -0.4 is 4.90 Å². The normalized spacial score (nSPS) is 10.6. The minimum absolute atomic E-state index is 0.0164. The molecule has 1 amide bonds. The summed E-state index contributed by atoms with van der Waals surface area (Å²) in [5, 5.41) is 10.4. The molecule has 2 rings (SSSR count). The number of nitrogens with zero attached hydrogens (tertiary/aromatic N) is 3. The summed E-state index contributed by atoms with van der Waals surface area (Å²) in [6.45, 7) is 1.85. The smallest absolute Gasteiger partial charge is 0.228 e. The molecule has 0 saturated heterocycles. The first-order chi connectivity index (χ1) is 9.45. The average molecular weight is 330 g/mol. The predicted molar refractivity (Wildman–Crippen MR) is 82.8 cm³/mol. The first-order valence-electron chi connectivity index (χ1n) is 5.97. The topological polar surface area (TPSA) is 46.1 Å². The quantitative estimate of drug-likeness (QED) is 0.858. The molecule has 1 aromatic carbocycles. The van der Waals surface area contributed by atoms with Gasteiger partial charge in [0, 0.05) is 23.5 Å². The van der Waals surface area contributed by atoms with E-state index in [9.17, 15) is 4.79 Å². The zero-order valence-corrected chi connectivity index (χ0v) is 13.4. The van der Waals surface area contributed by atoms with Crippen molar-refractivity contribution in [1.29, 1.82) is 0 Å². The number of carbonyl (C=O) groups excluding carboxylic acids is 1. The Bertz CT molecular complexity index is 610. The summed E-state index contributed by atoms with van der Waals surface area (Å²) in [6, 6.07) is 5.30. The number of anilines is 1. The van der Waals surface area contributed by atoms with Gasteiger partial charge in [0.2, 0.25) is 11.0 Å². The average Bonchev–Trinajstić information content (AvgIpc) is 2.80. The lowest BCUT2D eigenvalue weighted by Crippen LogP contribution is -2.26. The summed E-state index contributed by atoms with van der Waals surface area (Å²) in [5.41, 5.74) is 0.942. The molecule has 1 heterocycles. The Morgan fingerprint density at radius 1 is 1.25 bits per heavy atom. The van der Waals surface area contributed by atoms with Crippen LogP contribution in [0.2, 0.25) is 10.0 Å². The molecule has 0 saturated carbocycles. The second kappa shape index (κ2) is 6.52. The van der Waals surface area contributed by atoms with E-state index in [0.29, 0.717) is 28.0 Å². The molecule has 2 aromatic rings. The maximum Gasteiger partial charge on any atom is 0.228 e. The molecule has 0 bridgehead atoms. The number of benzene rings is 1. The molecule has 0 atom stereocenters. The summed E-state index contributed by atoms with van der Waals surface area (Å²) < 4.78 is 0. The van der Waals surface area contributed by atoms with Crippen LogP contribution in [0.15, 0.2) is 18.2 Å². The molecule has 0 spiro atoms. The van der Waals surface area contributed by atoms with Crippen LogP contribution >= 0.6 is 34.5 Å². The Morgan fingerprint density at radius 3 is 2.45 bits per heavy atom. The number of hydrogen-bond donors (Lipinski definition) is 0. The van der Waals surface area contributed by atoms with Gasteiger partial charge in [-0.25, -0.2) is 0 Å². The third-order valence-corrected chi connectivity index (χ3v) is 4.08. The molecular weight excluding hydrogens is 317 g/mol. The molecular formula is C13H13Cl2N3OS. The second-order valence-corrected chi connectivity index (χ2v) is 6.37. The Balaban J connectivity index is 1.98. The molecule has 0 aliphatic carbocycles. The van der Waals surface area contributed by atoms with Gasteiger partial charge in [-0.05, 0) is 37.1 Å². The molecule has 1 aromatic heterocycles. The van der Waals surface area contributed by atoms with Crippen LogP contribution in [0, 0.1) is 6.92 Å². The first-order valence-corrected chi connectivity index (χ1v) is 7.54. The summed E-state index contributed by atoms with van der Waals surface area (Å²) in [7, 11) is 1.70. The van der Waals surface area contributed by atoms with Crippen molar-refractivity contribution in [2.75, 3.05) is 11.9 Å². The molecule has 106 valence electrons. The van der Waals surface area contributed by atoms with Crippen LogP contribution in [0.5, 0.6) is 0 Å². The van der Waals surface area contributed by atoms with Crippen LogP contribution in [0.3, 0.4) is 0 Å². The van der Waals surface area contributed by atoms with Crippen molar-refractivity contribution < 1.29 is 4.79 Å². The van der Waals surface area contributed by atoms with Gasteiger partial charge in [-0.2, -0.15) is 0 Å². The first kappa shape index (κ1) is 15.2. The number of halogens is 2. The zero-order chi connectivity index (χ0) is 14.7. The van der Waals surface area contributed by atoms with Crippen molar-refractivity contribution in [3.05, 3.63) is 38.8 Å². The highest BCUT2D eigenvalue weighted by Crippen LogP contribution is 2.22. The molecule has 0 aliphatic heterocycles. The fourth-order valence-electron chi connectivity index (χ4n) is 1.70. The molecule has 7 heteroatoms. The van der Waals surface area contributed by atoms with E-state index in [1.54, 1.807) is 13.1 Å². The van der Waals surface area contributed by atoms with Crippen molar-refractivity contribution in [1.82, 2.24) is 10.2 Å². The molecule has 20 heavy (non-hydrogen) atoms. The number of aryl methyl sites for hydroxylation is 2. The van der Waals surface area contributed by atoms with Gasteiger partial charge >= 0.3 is 0 Å². The molecule has 0 N–H and O–H groups in total. The van der Waals surface area contributed by atoms with E-state index in [-0.39, 0.29) is 5.91 Å². The number of carbonyl (C=O) groups is 1. The summed E-state index contributed by atoms with van der Waals surface area (Å²) in [4.78, 5) is 13.6. The maximum atomic E-state index is 12.1. The van der Waals surface area contributed by atoms with Crippen LogP contribution in [0.1, 0.15) is 17.0 Å². The third-order valence-electron chi connectivity index (χ3n) is 2.73. The maximum absolute atomic E-state index is 12.1. The monoisotopic (exact) mass is 329 g/mol. The van der Waals surface area contributed by atoms with E-state index >= 15 is 0 Å². The molecule has 0 fully saturated rings. The highest BCUT2D eigenvalue weighted by Gasteiger charge is 2.14. The number of amides is 1. The standard InChI is InChI=1S/C13H13Cl2N3OS/c1-8-16-17-13(20-8)18(2)12(19)4-3-9-5-10(14)7-11(15)6-9/h5-7H,3-4H2,1-2H3. The van der Waals surface area contributed by atoms with Crippen molar-refractivity contribution in [2.24, 2.45) is 0 Å². The Hall–Kier alpha value is -1.17. The van der Waals surface area contributed by atoms with Crippen molar-refractivity contribution >= 4 is 45.6 Å². The Kier molecular flexibility index (Phi) is 4.96. The van der Waals surface area contributed by atoms with Gasteiger partial charge < -0.3 is 0 Å². The van der Waals surface area contributed by atoms with Gasteiger partial charge in [-0.3, -0.25) is 9.69 Å². The molecule has 0 aliphatic rings. The molecule has 4 nitrogen and oxygen atoms in total. The van der Waals surface area contributed by atoms with Gasteiger partial charge in [-0.15, -0.1) is 10.2 Å².